The number of aliphatic hydroxyl groups is 1. The molecule has 2 N–H and O–H groups in total. The summed E-state index contributed by atoms with van der Waals surface area (Å²) in [5, 5.41) is 11.2. The minimum atomic E-state index is -0.376. The molecular weight excluding hydrogens is 390 g/mol. The lowest BCUT2D eigenvalue weighted by atomic mass is 9.95. The van der Waals surface area contributed by atoms with Gasteiger partial charge in [0.25, 0.3) is 0 Å². The number of hydrogen-bond acceptors (Lipinski definition) is 3. The molecule has 6 heteroatoms. The van der Waals surface area contributed by atoms with E-state index < -0.39 is 0 Å². The second-order valence-electron chi connectivity index (χ2n) is 8.67. The summed E-state index contributed by atoms with van der Waals surface area (Å²) in [6.45, 7) is 2.78. The first-order valence-electron chi connectivity index (χ1n) is 10.9. The third kappa shape index (κ3) is 3.41. The maximum absolute atomic E-state index is 13.5. The van der Waals surface area contributed by atoms with Crippen LogP contribution in [-0.4, -0.2) is 50.9 Å². The number of amides is 2. The Morgan fingerprint density at radius 1 is 1.13 bits per heavy atom. The lowest BCUT2D eigenvalue weighted by Crippen LogP contribution is -2.49. The molecule has 0 radical (unpaired) electrons. The molecule has 31 heavy (non-hydrogen) atoms. The van der Waals surface area contributed by atoms with Gasteiger partial charge in [-0.15, -0.1) is 0 Å². The zero-order valence-electron chi connectivity index (χ0n) is 17.6. The third-order valence-electron chi connectivity index (χ3n) is 6.86. The molecule has 2 aromatic carbocycles. The van der Waals surface area contributed by atoms with Crippen LogP contribution in [0.3, 0.4) is 0 Å². The fourth-order valence-electron chi connectivity index (χ4n) is 5.11. The maximum Gasteiger partial charge on any atom is 0.228 e. The SMILES string of the molecule is CC(c1ccccc1)N1CC(C(=O)N2Cc3[nH]c4ccccc4c3CC2CO)CC1=O. The molecule has 2 aliphatic rings. The first-order valence-corrected chi connectivity index (χ1v) is 10.9. The summed E-state index contributed by atoms with van der Waals surface area (Å²) in [5.41, 5.74) is 4.33. The van der Waals surface area contributed by atoms with Gasteiger partial charge in [0.2, 0.25) is 11.8 Å². The highest BCUT2D eigenvalue weighted by molar-refractivity contribution is 5.90. The molecule has 0 aliphatic carbocycles. The van der Waals surface area contributed by atoms with Crippen molar-refractivity contribution in [2.75, 3.05) is 13.2 Å². The summed E-state index contributed by atoms with van der Waals surface area (Å²) in [5.74, 6) is -0.406. The van der Waals surface area contributed by atoms with Gasteiger partial charge in [-0.25, -0.2) is 0 Å². The predicted molar refractivity (Wildman–Crippen MR) is 118 cm³/mol. The first kappa shape index (κ1) is 19.8. The zero-order valence-corrected chi connectivity index (χ0v) is 17.6. The largest absolute Gasteiger partial charge is 0.394 e. The van der Waals surface area contributed by atoms with Crippen molar-refractivity contribution in [3.63, 3.8) is 0 Å². The van der Waals surface area contributed by atoms with Crippen LogP contribution in [0.5, 0.6) is 0 Å². The highest BCUT2D eigenvalue weighted by Gasteiger charge is 2.41. The number of hydrogen-bond donors (Lipinski definition) is 2. The standard InChI is InChI=1S/C25H27N3O3/c1-16(17-7-3-2-4-8-17)27-13-18(11-24(27)30)25(31)28-14-23-21(12-19(28)15-29)20-9-5-6-10-22(20)26-23/h2-10,16,18-19,26,29H,11-15H2,1H3. The molecule has 3 atom stereocenters. The van der Waals surface area contributed by atoms with E-state index in [2.05, 4.69) is 11.1 Å². The highest BCUT2D eigenvalue weighted by Crippen LogP contribution is 2.34. The number of carbonyl (C=O) groups excluding carboxylic acids is 2. The monoisotopic (exact) mass is 417 g/mol. The molecule has 2 aliphatic heterocycles. The molecule has 0 bridgehead atoms. The Kier molecular flexibility index (Phi) is 5.02. The number of likely N-dealkylation sites (tertiary alicyclic amines) is 1. The molecule has 3 aromatic rings. The average Bonchev–Trinajstić information content (AvgIpc) is 3.37. The Labute approximate surface area is 181 Å². The Morgan fingerprint density at radius 2 is 1.87 bits per heavy atom. The van der Waals surface area contributed by atoms with Crippen LogP contribution in [-0.2, 0) is 22.6 Å². The number of nitrogens with one attached hydrogen (secondary N) is 1. The number of aliphatic hydroxyl groups excluding tert-OH is 1. The van der Waals surface area contributed by atoms with Crippen LogP contribution in [0.1, 0.15) is 36.2 Å². The number of para-hydroxylation sites is 1. The summed E-state index contributed by atoms with van der Waals surface area (Å²) in [4.78, 5) is 33.2. The van der Waals surface area contributed by atoms with E-state index in [-0.39, 0.29) is 42.8 Å². The molecular formula is C25H27N3O3. The number of carbonyl (C=O) groups is 2. The molecule has 2 amide bonds. The Hall–Kier alpha value is -3.12. The lowest BCUT2D eigenvalue weighted by Gasteiger charge is -2.36. The maximum atomic E-state index is 13.5. The molecule has 1 aromatic heterocycles. The normalized spacial score (nSPS) is 22.1. The van der Waals surface area contributed by atoms with Crippen molar-refractivity contribution in [3.05, 3.63) is 71.4 Å². The van der Waals surface area contributed by atoms with E-state index in [4.69, 9.17) is 0 Å². The van der Waals surface area contributed by atoms with Gasteiger partial charge in [0.15, 0.2) is 0 Å². The summed E-state index contributed by atoms with van der Waals surface area (Å²) >= 11 is 0. The lowest BCUT2D eigenvalue weighted by molar-refractivity contribution is -0.140. The predicted octanol–water partition coefficient (Wildman–Crippen LogP) is 3.02. The van der Waals surface area contributed by atoms with Crippen LogP contribution in [0.25, 0.3) is 10.9 Å². The van der Waals surface area contributed by atoms with E-state index in [0.29, 0.717) is 19.5 Å². The summed E-state index contributed by atoms with van der Waals surface area (Å²) < 4.78 is 0. The van der Waals surface area contributed by atoms with E-state index in [1.165, 1.54) is 5.56 Å². The van der Waals surface area contributed by atoms with Gasteiger partial charge in [-0.2, -0.15) is 0 Å². The van der Waals surface area contributed by atoms with Crippen molar-refractivity contribution in [1.29, 1.82) is 0 Å². The van der Waals surface area contributed by atoms with Crippen LogP contribution in [0.4, 0.5) is 0 Å². The summed E-state index contributed by atoms with van der Waals surface area (Å²) in [6.07, 6.45) is 0.844. The van der Waals surface area contributed by atoms with Crippen molar-refractivity contribution < 1.29 is 14.7 Å². The van der Waals surface area contributed by atoms with Crippen LogP contribution >= 0.6 is 0 Å². The molecule has 160 valence electrons. The van der Waals surface area contributed by atoms with E-state index in [0.717, 1.165) is 22.2 Å². The highest BCUT2D eigenvalue weighted by atomic mass is 16.3. The van der Waals surface area contributed by atoms with Gasteiger partial charge in [0.1, 0.15) is 0 Å². The van der Waals surface area contributed by atoms with Crippen molar-refractivity contribution in [2.24, 2.45) is 5.92 Å². The van der Waals surface area contributed by atoms with Crippen LogP contribution < -0.4 is 0 Å². The number of rotatable bonds is 4. The van der Waals surface area contributed by atoms with Crippen molar-refractivity contribution in [2.45, 2.75) is 38.4 Å². The Morgan fingerprint density at radius 3 is 2.65 bits per heavy atom. The first-order chi connectivity index (χ1) is 15.1. The van der Waals surface area contributed by atoms with Gasteiger partial charge in [0.05, 0.1) is 31.2 Å². The molecule has 3 heterocycles. The quantitative estimate of drug-likeness (QED) is 0.685. The molecule has 0 spiro atoms. The number of aromatic nitrogens is 1. The molecule has 5 rings (SSSR count). The van der Waals surface area contributed by atoms with Gasteiger partial charge in [-0.1, -0.05) is 48.5 Å². The van der Waals surface area contributed by atoms with E-state index >= 15 is 0 Å². The van der Waals surface area contributed by atoms with Gasteiger partial charge in [-0.3, -0.25) is 9.59 Å². The Balaban J connectivity index is 1.36. The van der Waals surface area contributed by atoms with E-state index in [1.807, 2.05) is 60.4 Å². The van der Waals surface area contributed by atoms with Gasteiger partial charge in [-0.05, 0) is 30.5 Å². The van der Waals surface area contributed by atoms with Gasteiger partial charge < -0.3 is 19.9 Å². The number of benzene rings is 2. The summed E-state index contributed by atoms with van der Waals surface area (Å²) in [7, 11) is 0. The van der Waals surface area contributed by atoms with Crippen molar-refractivity contribution >= 4 is 22.7 Å². The molecule has 0 saturated carbocycles. The second kappa shape index (κ2) is 7.85. The van der Waals surface area contributed by atoms with Gasteiger partial charge in [0, 0.05) is 29.6 Å². The Bertz CT molecular complexity index is 1120. The van der Waals surface area contributed by atoms with Gasteiger partial charge >= 0.3 is 0 Å². The van der Waals surface area contributed by atoms with E-state index in [9.17, 15) is 14.7 Å². The number of aromatic amines is 1. The smallest absolute Gasteiger partial charge is 0.228 e. The average molecular weight is 418 g/mol. The molecule has 1 saturated heterocycles. The van der Waals surface area contributed by atoms with Crippen LogP contribution in [0.15, 0.2) is 54.6 Å². The van der Waals surface area contributed by atoms with Crippen LogP contribution in [0, 0.1) is 5.92 Å². The minimum Gasteiger partial charge on any atom is -0.394 e. The van der Waals surface area contributed by atoms with E-state index in [1.54, 1.807) is 4.90 Å². The fraction of sp³-hybridized carbons (Fsp3) is 0.360. The second-order valence-corrected chi connectivity index (χ2v) is 8.67. The molecule has 1 fully saturated rings. The van der Waals surface area contributed by atoms with Crippen LogP contribution in [0.2, 0.25) is 0 Å². The molecule has 3 unspecified atom stereocenters. The zero-order chi connectivity index (χ0) is 21.5. The number of nitrogens with zero attached hydrogens (tertiary/aromatic N) is 2. The summed E-state index contributed by atoms with van der Waals surface area (Å²) in [6, 6.07) is 17.7. The number of H-pyrrole nitrogens is 1. The third-order valence-corrected chi connectivity index (χ3v) is 6.86. The van der Waals surface area contributed by atoms with Crippen molar-refractivity contribution in [3.8, 4) is 0 Å². The minimum absolute atomic E-state index is 0.0126. The number of fused-ring (bicyclic) bond motifs is 3. The topological polar surface area (TPSA) is 76.6 Å². The fourth-order valence-corrected chi connectivity index (χ4v) is 5.11. The molecule has 6 nitrogen and oxygen atoms in total. The van der Waals surface area contributed by atoms with Crippen molar-refractivity contribution in [1.82, 2.24) is 14.8 Å².